The molecule has 1 saturated heterocycles. The van der Waals surface area contributed by atoms with Crippen molar-refractivity contribution in [2.45, 2.75) is 43.7 Å². The van der Waals surface area contributed by atoms with Crippen LogP contribution < -0.4 is 0 Å². The molecule has 1 N–H and O–H groups in total. The van der Waals surface area contributed by atoms with Crippen molar-refractivity contribution in [3.63, 3.8) is 0 Å². The Morgan fingerprint density at radius 3 is 2.21 bits per heavy atom. The van der Waals surface area contributed by atoms with Crippen LogP contribution >= 0.6 is 0 Å². The number of carbonyl (C=O) groups excluding carboxylic acids is 2. The molecule has 7 heteroatoms. The Hall–Kier alpha value is -3.19. The van der Waals surface area contributed by atoms with Gasteiger partial charge >= 0.3 is 0 Å². The zero-order valence-electron chi connectivity index (χ0n) is 18.6. The minimum absolute atomic E-state index is 0.0164. The van der Waals surface area contributed by atoms with Gasteiger partial charge in [-0.05, 0) is 61.4 Å². The molecule has 0 spiro atoms. The van der Waals surface area contributed by atoms with E-state index in [1.54, 1.807) is 9.80 Å². The van der Waals surface area contributed by atoms with E-state index in [2.05, 4.69) is 28.0 Å². The summed E-state index contributed by atoms with van der Waals surface area (Å²) >= 11 is 0. The summed E-state index contributed by atoms with van der Waals surface area (Å²) in [5.74, 6) is -0.202. The molecule has 1 aliphatic heterocycles. The van der Waals surface area contributed by atoms with Crippen molar-refractivity contribution >= 4 is 22.7 Å². The van der Waals surface area contributed by atoms with Gasteiger partial charge in [-0.1, -0.05) is 24.3 Å². The third kappa shape index (κ3) is 3.60. The third-order valence-electron chi connectivity index (χ3n) is 7.46. The minimum Gasteiger partial charge on any atom is -0.380 e. The van der Waals surface area contributed by atoms with Gasteiger partial charge in [0.2, 0.25) is 0 Å². The molecule has 2 heterocycles. The van der Waals surface area contributed by atoms with Crippen LogP contribution in [-0.2, 0) is 4.79 Å². The lowest BCUT2D eigenvalue weighted by Gasteiger charge is -2.35. The van der Waals surface area contributed by atoms with Crippen LogP contribution in [0.25, 0.3) is 22.0 Å². The number of hydrogen-bond acceptors (Lipinski definition) is 4. The van der Waals surface area contributed by atoms with E-state index in [9.17, 15) is 14.7 Å². The van der Waals surface area contributed by atoms with Crippen LogP contribution in [0.4, 0.5) is 0 Å². The summed E-state index contributed by atoms with van der Waals surface area (Å²) in [5, 5.41) is 15.8. The Balaban J connectivity index is 1.15. The molecular formula is C26H28N4O3. The molecule has 7 nitrogen and oxygen atoms in total. The van der Waals surface area contributed by atoms with E-state index in [0.29, 0.717) is 50.6 Å². The molecule has 2 saturated carbocycles. The number of aliphatic hydroxyl groups is 1. The smallest absolute Gasteiger partial charge is 0.254 e. The molecule has 0 atom stereocenters. The van der Waals surface area contributed by atoms with Gasteiger partial charge in [-0.15, -0.1) is 0 Å². The molecule has 170 valence electrons. The SMILES string of the molecule is O=C(c1ccc(-c2ccc3cnn(C4CCC4)c3c2)cc1)N1CCN(C(=O)C2(O)CC2)CC1. The second kappa shape index (κ2) is 7.70. The highest BCUT2D eigenvalue weighted by Crippen LogP contribution is 2.37. The van der Waals surface area contributed by atoms with Crippen LogP contribution in [0, 0.1) is 0 Å². The summed E-state index contributed by atoms with van der Waals surface area (Å²) in [4.78, 5) is 28.8. The predicted molar refractivity (Wildman–Crippen MR) is 125 cm³/mol. The number of amides is 2. The van der Waals surface area contributed by atoms with Crippen LogP contribution in [-0.4, -0.2) is 68.3 Å². The van der Waals surface area contributed by atoms with Gasteiger partial charge in [-0.3, -0.25) is 14.3 Å². The highest BCUT2D eigenvalue weighted by molar-refractivity contribution is 5.95. The molecule has 0 radical (unpaired) electrons. The fourth-order valence-electron chi connectivity index (χ4n) is 4.87. The van der Waals surface area contributed by atoms with Crippen molar-refractivity contribution in [1.29, 1.82) is 0 Å². The summed E-state index contributed by atoms with van der Waals surface area (Å²) in [5.41, 5.74) is 2.87. The zero-order chi connectivity index (χ0) is 22.6. The Kier molecular flexibility index (Phi) is 4.76. The van der Waals surface area contributed by atoms with Crippen LogP contribution in [0.1, 0.15) is 48.5 Å². The van der Waals surface area contributed by atoms with Gasteiger partial charge in [0.1, 0.15) is 5.60 Å². The standard InChI is InChI=1S/C26H28N4O3/c31-24(28-12-14-29(15-13-28)25(32)26(33)10-11-26)19-6-4-18(5-7-19)20-8-9-21-17-27-30(23(21)16-20)22-2-1-3-22/h4-9,16-17,22,33H,1-3,10-15H2. The maximum Gasteiger partial charge on any atom is 0.254 e. The number of benzene rings is 2. The fraction of sp³-hybridized carbons (Fsp3) is 0.423. The monoisotopic (exact) mass is 444 g/mol. The third-order valence-corrected chi connectivity index (χ3v) is 7.46. The first-order valence-corrected chi connectivity index (χ1v) is 11.9. The van der Waals surface area contributed by atoms with Crippen molar-refractivity contribution < 1.29 is 14.7 Å². The molecule has 33 heavy (non-hydrogen) atoms. The molecule has 0 bridgehead atoms. The summed E-state index contributed by atoms with van der Waals surface area (Å²) in [6.45, 7) is 1.92. The van der Waals surface area contributed by atoms with E-state index < -0.39 is 5.60 Å². The lowest BCUT2D eigenvalue weighted by Crippen LogP contribution is -2.53. The van der Waals surface area contributed by atoms with E-state index in [-0.39, 0.29) is 11.8 Å². The van der Waals surface area contributed by atoms with Gasteiger partial charge in [0.15, 0.2) is 0 Å². The lowest BCUT2D eigenvalue weighted by molar-refractivity contribution is -0.143. The molecule has 1 aromatic heterocycles. The average Bonchev–Trinajstić information content (AvgIpc) is 3.45. The average molecular weight is 445 g/mol. The number of piperazine rings is 1. The first-order valence-electron chi connectivity index (χ1n) is 11.9. The van der Waals surface area contributed by atoms with Crippen LogP contribution in [0.15, 0.2) is 48.7 Å². The summed E-state index contributed by atoms with van der Waals surface area (Å²) < 4.78 is 2.16. The van der Waals surface area contributed by atoms with Crippen LogP contribution in [0.3, 0.4) is 0 Å². The largest absolute Gasteiger partial charge is 0.380 e. The van der Waals surface area contributed by atoms with E-state index >= 15 is 0 Å². The summed E-state index contributed by atoms with van der Waals surface area (Å²) in [6.07, 6.45) is 6.70. The van der Waals surface area contributed by atoms with Crippen molar-refractivity contribution in [3.05, 3.63) is 54.2 Å². The van der Waals surface area contributed by atoms with E-state index in [1.165, 1.54) is 24.8 Å². The second-order valence-electron chi connectivity index (χ2n) is 9.64. The first kappa shape index (κ1) is 20.4. The molecule has 2 amide bonds. The quantitative estimate of drug-likeness (QED) is 0.670. The van der Waals surface area contributed by atoms with Gasteiger partial charge in [0.25, 0.3) is 11.8 Å². The van der Waals surface area contributed by atoms with Gasteiger partial charge in [-0.25, -0.2) is 0 Å². The Morgan fingerprint density at radius 1 is 0.909 bits per heavy atom. The van der Waals surface area contributed by atoms with E-state index in [4.69, 9.17) is 0 Å². The topological polar surface area (TPSA) is 78.7 Å². The number of fused-ring (bicyclic) bond motifs is 1. The molecular weight excluding hydrogens is 416 g/mol. The summed E-state index contributed by atoms with van der Waals surface area (Å²) in [7, 11) is 0. The van der Waals surface area contributed by atoms with Crippen LogP contribution in [0.2, 0.25) is 0 Å². The summed E-state index contributed by atoms with van der Waals surface area (Å²) in [6, 6.07) is 14.7. The minimum atomic E-state index is -1.14. The van der Waals surface area contributed by atoms with Crippen molar-refractivity contribution in [1.82, 2.24) is 19.6 Å². The molecule has 6 rings (SSSR count). The number of hydrogen-bond donors (Lipinski definition) is 1. The van der Waals surface area contributed by atoms with Crippen LogP contribution in [0.5, 0.6) is 0 Å². The van der Waals surface area contributed by atoms with Crippen molar-refractivity contribution in [2.24, 2.45) is 0 Å². The number of rotatable bonds is 4. The van der Waals surface area contributed by atoms with Gasteiger partial charge in [0, 0.05) is 37.1 Å². The van der Waals surface area contributed by atoms with E-state index in [0.717, 1.165) is 16.5 Å². The zero-order valence-corrected chi connectivity index (χ0v) is 18.6. The molecule has 0 unspecified atom stereocenters. The molecule has 2 aliphatic carbocycles. The number of aromatic nitrogens is 2. The van der Waals surface area contributed by atoms with Crippen molar-refractivity contribution in [3.8, 4) is 11.1 Å². The predicted octanol–water partition coefficient (Wildman–Crippen LogP) is 3.24. The molecule has 3 aromatic rings. The Morgan fingerprint density at radius 2 is 1.58 bits per heavy atom. The van der Waals surface area contributed by atoms with E-state index in [1.807, 2.05) is 30.5 Å². The fourth-order valence-corrected chi connectivity index (χ4v) is 4.87. The normalized spacial score (nSPS) is 20.0. The highest BCUT2D eigenvalue weighted by Gasteiger charge is 2.50. The van der Waals surface area contributed by atoms with Crippen molar-refractivity contribution in [2.75, 3.05) is 26.2 Å². The van der Waals surface area contributed by atoms with Gasteiger partial charge in [0.05, 0.1) is 17.8 Å². The second-order valence-corrected chi connectivity index (χ2v) is 9.64. The van der Waals surface area contributed by atoms with Gasteiger partial charge in [-0.2, -0.15) is 5.10 Å². The highest BCUT2D eigenvalue weighted by atomic mass is 16.3. The maximum atomic E-state index is 13.0. The number of nitrogens with zero attached hydrogens (tertiary/aromatic N) is 4. The lowest BCUT2D eigenvalue weighted by atomic mass is 9.93. The number of carbonyl (C=O) groups is 2. The molecule has 3 aliphatic rings. The maximum absolute atomic E-state index is 13.0. The molecule has 2 aromatic carbocycles. The Bertz CT molecular complexity index is 1220. The Labute approximate surface area is 192 Å². The first-order chi connectivity index (χ1) is 16.0. The molecule has 3 fully saturated rings. The van der Waals surface area contributed by atoms with Gasteiger partial charge < -0.3 is 14.9 Å².